The molecule has 0 aliphatic heterocycles. The number of carbonyl (C=O) groups excluding carboxylic acids is 1. The Hall–Kier alpha value is -2.08. The van der Waals surface area contributed by atoms with E-state index in [1.807, 2.05) is 11.9 Å². The molecule has 1 heterocycles. The van der Waals surface area contributed by atoms with Gasteiger partial charge in [0.05, 0.1) is 10.7 Å². The number of primary amides is 1. The number of halogens is 1. The molecule has 4 nitrogen and oxygen atoms in total. The van der Waals surface area contributed by atoms with Gasteiger partial charge in [0.1, 0.15) is 10.7 Å². The molecular weight excluding hydrogens is 265 g/mol. The summed E-state index contributed by atoms with van der Waals surface area (Å²) in [4.78, 5) is 13.4. The molecule has 0 unspecified atom stereocenters. The molecule has 0 radical (unpaired) electrons. The Kier molecular flexibility index (Phi) is 3.71. The first-order valence-electron chi connectivity index (χ1n) is 5.62. The lowest BCUT2D eigenvalue weighted by atomic mass is 10.2. The van der Waals surface area contributed by atoms with Crippen LogP contribution in [0.4, 0.5) is 15.1 Å². The molecule has 0 atom stereocenters. The number of amides is 1. The van der Waals surface area contributed by atoms with Crippen molar-refractivity contribution >= 4 is 27.9 Å². The van der Waals surface area contributed by atoms with Crippen LogP contribution in [0.5, 0.6) is 0 Å². The van der Waals surface area contributed by atoms with Crippen molar-refractivity contribution in [1.82, 2.24) is 0 Å². The topological polar surface area (TPSA) is 72.3 Å². The Bertz CT molecular complexity index is 594. The molecular formula is C13H14FN3OS. The van der Waals surface area contributed by atoms with Crippen LogP contribution >= 0.6 is 11.3 Å². The average Bonchev–Trinajstić information content (AvgIpc) is 2.74. The molecule has 4 N–H and O–H groups in total. The second-order valence-electron chi connectivity index (χ2n) is 4.22. The number of thiophene rings is 1. The number of hydrogen-bond acceptors (Lipinski definition) is 4. The van der Waals surface area contributed by atoms with Gasteiger partial charge in [0.15, 0.2) is 0 Å². The Morgan fingerprint density at radius 3 is 2.53 bits per heavy atom. The van der Waals surface area contributed by atoms with Gasteiger partial charge in [-0.25, -0.2) is 4.39 Å². The minimum Gasteiger partial charge on any atom is -0.397 e. The lowest BCUT2D eigenvalue weighted by Crippen LogP contribution is -2.15. The Morgan fingerprint density at radius 1 is 1.37 bits per heavy atom. The third kappa shape index (κ3) is 3.03. The highest BCUT2D eigenvalue weighted by Crippen LogP contribution is 2.31. The van der Waals surface area contributed by atoms with E-state index < -0.39 is 5.91 Å². The van der Waals surface area contributed by atoms with Crippen LogP contribution in [0.1, 0.15) is 15.2 Å². The van der Waals surface area contributed by atoms with Crippen LogP contribution in [0.15, 0.2) is 30.3 Å². The normalized spacial score (nSPS) is 10.4. The summed E-state index contributed by atoms with van der Waals surface area (Å²) < 4.78 is 12.8. The van der Waals surface area contributed by atoms with E-state index in [0.717, 1.165) is 10.6 Å². The highest BCUT2D eigenvalue weighted by molar-refractivity contribution is 7.18. The molecule has 0 saturated heterocycles. The zero-order valence-electron chi connectivity index (χ0n) is 10.4. The van der Waals surface area contributed by atoms with E-state index in [9.17, 15) is 9.18 Å². The Labute approximate surface area is 114 Å². The van der Waals surface area contributed by atoms with Crippen molar-refractivity contribution in [2.24, 2.45) is 5.73 Å². The van der Waals surface area contributed by atoms with Gasteiger partial charge in [0.25, 0.3) is 5.91 Å². The van der Waals surface area contributed by atoms with Crippen LogP contribution < -0.4 is 16.4 Å². The van der Waals surface area contributed by atoms with Gasteiger partial charge in [0, 0.05) is 13.6 Å². The first kappa shape index (κ1) is 13.4. The summed E-state index contributed by atoms with van der Waals surface area (Å²) in [5.41, 5.74) is 12.3. The summed E-state index contributed by atoms with van der Waals surface area (Å²) in [7, 11) is 1.87. The van der Waals surface area contributed by atoms with Crippen molar-refractivity contribution in [3.63, 3.8) is 0 Å². The van der Waals surface area contributed by atoms with Crippen molar-refractivity contribution in [3.05, 3.63) is 46.6 Å². The van der Waals surface area contributed by atoms with Gasteiger partial charge in [0.2, 0.25) is 0 Å². The molecule has 1 amide bonds. The zero-order valence-corrected chi connectivity index (χ0v) is 11.2. The van der Waals surface area contributed by atoms with Crippen molar-refractivity contribution in [2.45, 2.75) is 6.54 Å². The van der Waals surface area contributed by atoms with Crippen LogP contribution in [0, 0.1) is 5.82 Å². The molecule has 0 fully saturated rings. The van der Waals surface area contributed by atoms with Gasteiger partial charge in [-0.15, -0.1) is 11.3 Å². The van der Waals surface area contributed by atoms with Crippen molar-refractivity contribution in [2.75, 3.05) is 17.7 Å². The second kappa shape index (κ2) is 5.27. The average molecular weight is 279 g/mol. The molecule has 0 aliphatic rings. The van der Waals surface area contributed by atoms with Gasteiger partial charge in [-0.3, -0.25) is 4.79 Å². The lowest BCUT2D eigenvalue weighted by molar-refractivity contribution is 0.100. The fourth-order valence-corrected chi connectivity index (χ4v) is 2.61. The lowest BCUT2D eigenvalue weighted by Gasteiger charge is -2.16. The number of nitrogen functional groups attached to an aromatic ring is 1. The van der Waals surface area contributed by atoms with Gasteiger partial charge < -0.3 is 16.4 Å². The van der Waals surface area contributed by atoms with E-state index in [2.05, 4.69) is 0 Å². The molecule has 0 spiro atoms. The largest absolute Gasteiger partial charge is 0.397 e. The van der Waals surface area contributed by atoms with Crippen molar-refractivity contribution in [3.8, 4) is 0 Å². The van der Waals surface area contributed by atoms with Crippen LogP contribution in [0.2, 0.25) is 0 Å². The maximum absolute atomic E-state index is 12.8. The van der Waals surface area contributed by atoms with E-state index >= 15 is 0 Å². The molecule has 0 aliphatic carbocycles. The van der Waals surface area contributed by atoms with Crippen molar-refractivity contribution < 1.29 is 9.18 Å². The summed E-state index contributed by atoms with van der Waals surface area (Å²) in [5, 5.41) is 0.843. The van der Waals surface area contributed by atoms with Crippen molar-refractivity contribution in [1.29, 1.82) is 0 Å². The summed E-state index contributed by atoms with van der Waals surface area (Å²) in [6.07, 6.45) is 0. The predicted molar refractivity (Wildman–Crippen MR) is 75.8 cm³/mol. The standard InChI is InChI=1S/C13H14FN3OS/c1-17(7-8-2-4-9(14)5-3-8)11-6-10(15)12(19-11)13(16)18/h2-6H,7,15H2,1H3,(H2,16,18). The number of hydrogen-bond donors (Lipinski definition) is 2. The van der Waals surface area contributed by atoms with E-state index in [1.54, 1.807) is 18.2 Å². The quantitative estimate of drug-likeness (QED) is 0.901. The smallest absolute Gasteiger partial charge is 0.260 e. The predicted octanol–water partition coefficient (Wildman–Crippen LogP) is 2.20. The molecule has 1 aromatic heterocycles. The summed E-state index contributed by atoms with van der Waals surface area (Å²) in [6, 6.07) is 7.99. The third-order valence-corrected chi connectivity index (χ3v) is 3.96. The molecule has 6 heteroatoms. The zero-order chi connectivity index (χ0) is 14.0. The molecule has 2 aromatic rings. The molecule has 19 heavy (non-hydrogen) atoms. The number of carbonyl (C=O) groups is 1. The Balaban J connectivity index is 2.15. The van der Waals surface area contributed by atoms with Crippen LogP contribution in [0.3, 0.4) is 0 Å². The number of benzene rings is 1. The molecule has 100 valence electrons. The SMILES string of the molecule is CN(Cc1ccc(F)cc1)c1cc(N)c(C(N)=O)s1. The van der Waals surface area contributed by atoms with Crippen LogP contribution in [-0.4, -0.2) is 13.0 Å². The number of nitrogens with two attached hydrogens (primary N) is 2. The highest BCUT2D eigenvalue weighted by Gasteiger charge is 2.14. The van der Waals surface area contributed by atoms with Crippen LogP contribution in [0.25, 0.3) is 0 Å². The minimum atomic E-state index is -0.524. The Morgan fingerprint density at radius 2 is 2.00 bits per heavy atom. The van der Waals surface area contributed by atoms with Gasteiger partial charge in [-0.2, -0.15) is 0 Å². The molecule has 0 saturated carbocycles. The van der Waals surface area contributed by atoms with E-state index in [4.69, 9.17) is 11.5 Å². The number of anilines is 2. The fourth-order valence-electron chi connectivity index (χ4n) is 1.71. The maximum Gasteiger partial charge on any atom is 0.260 e. The maximum atomic E-state index is 12.8. The number of rotatable bonds is 4. The fraction of sp³-hybridized carbons (Fsp3) is 0.154. The first-order valence-corrected chi connectivity index (χ1v) is 6.43. The monoisotopic (exact) mass is 279 g/mol. The van der Waals surface area contributed by atoms with Gasteiger partial charge >= 0.3 is 0 Å². The van der Waals surface area contributed by atoms with E-state index in [1.165, 1.54) is 23.5 Å². The highest BCUT2D eigenvalue weighted by atomic mass is 32.1. The van der Waals surface area contributed by atoms with E-state index in [0.29, 0.717) is 17.1 Å². The second-order valence-corrected chi connectivity index (χ2v) is 5.25. The third-order valence-electron chi connectivity index (χ3n) is 2.68. The summed E-state index contributed by atoms with van der Waals surface area (Å²) in [6.45, 7) is 0.596. The number of nitrogens with zero attached hydrogens (tertiary/aromatic N) is 1. The summed E-state index contributed by atoms with van der Waals surface area (Å²) in [5.74, 6) is -0.785. The van der Waals surface area contributed by atoms with Gasteiger partial charge in [-0.05, 0) is 23.8 Å². The molecule has 2 rings (SSSR count). The van der Waals surface area contributed by atoms with Crippen LogP contribution in [-0.2, 0) is 6.54 Å². The molecule has 1 aromatic carbocycles. The summed E-state index contributed by atoms with van der Waals surface area (Å²) >= 11 is 1.25. The van der Waals surface area contributed by atoms with E-state index in [-0.39, 0.29) is 5.82 Å². The minimum absolute atomic E-state index is 0.261. The van der Waals surface area contributed by atoms with Gasteiger partial charge in [-0.1, -0.05) is 12.1 Å². The molecule has 0 bridgehead atoms. The first-order chi connectivity index (χ1) is 8.97.